The molecule has 2 N–H and O–H groups in total. The van der Waals surface area contributed by atoms with Crippen LogP contribution in [0.2, 0.25) is 0 Å². The molecule has 1 heterocycles. The van der Waals surface area contributed by atoms with Gasteiger partial charge in [0.05, 0.1) is 29.9 Å². The van der Waals surface area contributed by atoms with Crippen LogP contribution in [-0.2, 0) is 37.0 Å². The normalized spacial score (nSPS) is 12.5. The Balaban J connectivity index is 1.51. The summed E-state index contributed by atoms with van der Waals surface area (Å²) >= 11 is 5.75. The van der Waals surface area contributed by atoms with Gasteiger partial charge in [0.2, 0.25) is 5.91 Å². The number of aromatic nitrogens is 2. The third-order valence-corrected chi connectivity index (χ3v) is 8.33. The van der Waals surface area contributed by atoms with E-state index >= 15 is 0 Å². The number of carbonyl (C=O) groups excluding carboxylic acids is 1. The number of nitrogens with one attached hydrogen (secondary N) is 2. The summed E-state index contributed by atoms with van der Waals surface area (Å²) in [5.41, 5.74) is 2.59. The van der Waals surface area contributed by atoms with E-state index in [1.165, 1.54) is 12.1 Å². The molecule has 0 bridgehead atoms. The molecule has 0 radical (unpaired) electrons. The third kappa shape index (κ3) is 9.65. The molecule has 0 fully saturated rings. The molecule has 4 rings (SSSR count). The zero-order valence-electron chi connectivity index (χ0n) is 25.8. The van der Waals surface area contributed by atoms with E-state index in [4.69, 9.17) is 17.5 Å². The summed E-state index contributed by atoms with van der Waals surface area (Å²) in [5, 5.41) is 15.7. The van der Waals surface area contributed by atoms with Crippen LogP contribution in [0.15, 0.2) is 91.4 Å². The highest BCUT2D eigenvalue weighted by Gasteiger charge is 2.34. The quantitative estimate of drug-likeness (QED) is 0.162. The van der Waals surface area contributed by atoms with Gasteiger partial charge < -0.3 is 20.1 Å². The molecule has 1 aromatic heterocycles. The molecular formula is C35H37F3N6OS. The van der Waals surface area contributed by atoms with Gasteiger partial charge >= 0.3 is 6.18 Å². The van der Waals surface area contributed by atoms with Gasteiger partial charge in [-0.1, -0.05) is 80.9 Å². The molecule has 240 valence electrons. The standard InChI is InChI=1S/C35H37F3N6OS/c1-3-25(2)32(42-33(45)17-30-20-40-24-44(30)21-28-15-13-26(18-39)14-16-28)23-43(34(46)41-19-27-9-5-4-6-10-27)22-29-11-7-8-12-31(29)35(36,37)38/h4-16,20,24-25,32H,3,17,19,21-23H2,1-2H3,(H,41,46)(H,42,45). The van der Waals surface area contributed by atoms with Crippen molar-refractivity contribution in [3.05, 3.63) is 125 Å². The zero-order valence-corrected chi connectivity index (χ0v) is 26.6. The van der Waals surface area contributed by atoms with Crippen molar-refractivity contribution in [2.45, 2.75) is 58.5 Å². The number of hydrogen-bond acceptors (Lipinski definition) is 4. The monoisotopic (exact) mass is 646 g/mol. The average Bonchev–Trinajstić information content (AvgIpc) is 3.48. The van der Waals surface area contributed by atoms with Gasteiger partial charge in [0.25, 0.3) is 0 Å². The van der Waals surface area contributed by atoms with Crippen LogP contribution in [-0.4, -0.2) is 38.1 Å². The first-order valence-electron chi connectivity index (χ1n) is 15.1. The Kier molecular flexibility index (Phi) is 11.9. The second kappa shape index (κ2) is 16.0. The van der Waals surface area contributed by atoms with E-state index in [-0.39, 0.29) is 36.9 Å². The molecule has 0 aliphatic rings. The average molecular weight is 647 g/mol. The van der Waals surface area contributed by atoms with Gasteiger partial charge in [-0.15, -0.1) is 0 Å². The number of benzene rings is 3. The van der Waals surface area contributed by atoms with Crippen molar-refractivity contribution in [2.75, 3.05) is 6.54 Å². The highest BCUT2D eigenvalue weighted by atomic mass is 32.1. The van der Waals surface area contributed by atoms with Crippen LogP contribution in [0.5, 0.6) is 0 Å². The van der Waals surface area contributed by atoms with Crippen LogP contribution < -0.4 is 10.6 Å². The second-order valence-electron chi connectivity index (χ2n) is 11.2. The summed E-state index contributed by atoms with van der Waals surface area (Å²) in [4.78, 5) is 19.4. The van der Waals surface area contributed by atoms with E-state index in [0.717, 1.165) is 23.6 Å². The van der Waals surface area contributed by atoms with Gasteiger partial charge in [0.15, 0.2) is 5.11 Å². The molecule has 3 aromatic carbocycles. The van der Waals surface area contributed by atoms with Crippen molar-refractivity contribution in [3.8, 4) is 6.07 Å². The van der Waals surface area contributed by atoms with Crippen molar-refractivity contribution >= 4 is 23.2 Å². The molecule has 4 aromatic rings. The van der Waals surface area contributed by atoms with Crippen LogP contribution >= 0.6 is 12.2 Å². The lowest BCUT2D eigenvalue weighted by Gasteiger charge is -2.34. The minimum Gasteiger partial charge on any atom is -0.358 e. The Morgan fingerprint density at radius 3 is 2.41 bits per heavy atom. The fraction of sp³-hybridized carbons (Fsp3) is 0.314. The Labute approximate surface area is 273 Å². The molecule has 2 unspecified atom stereocenters. The Hall–Kier alpha value is -4.69. The summed E-state index contributed by atoms with van der Waals surface area (Å²) in [6, 6.07) is 24.0. The molecule has 11 heteroatoms. The number of nitrogens with zero attached hydrogens (tertiary/aromatic N) is 4. The number of thiocarbonyl (C=S) groups is 1. The van der Waals surface area contributed by atoms with Crippen molar-refractivity contribution in [1.29, 1.82) is 5.26 Å². The lowest BCUT2D eigenvalue weighted by Crippen LogP contribution is -2.51. The largest absolute Gasteiger partial charge is 0.416 e. The Morgan fingerprint density at radius 2 is 1.74 bits per heavy atom. The van der Waals surface area contributed by atoms with Crippen molar-refractivity contribution in [1.82, 2.24) is 25.1 Å². The van der Waals surface area contributed by atoms with Crippen LogP contribution in [0.1, 0.15) is 53.8 Å². The molecule has 0 aliphatic carbocycles. The molecule has 1 amide bonds. The van der Waals surface area contributed by atoms with Gasteiger partial charge in [-0.2, -0.15) is 18.4 Å². The Morgan fingerprint density at radius 1 is 1.04 bits per heavy atom. The molecule has 2 atom stereocenters. The summed E-state index contributed by atoms with van der Waals surface area (Å²) in [5.74, 6) is -0.226. The predicted molar refractivity (Wildman–Crippen MR) is 175 cm³/mol. The molecule has 0 aliphatic heterocycles. The van der Waals surface area contributed by atoms with Crippen LogP contribution in [0, 0.1) is 17.2 Å². The summed E-state index contributed by atoms with van der Waals surface area (Å²) in [7, 11) is 0. The van der Waals surface area contributed by atoms with E-state index in [9.17, 15) is 18.0 Å². The number of rotatable bonds is 13. The van der Waals surface area contributed by atoms with Gasteiger partial charge in [-0.05, 0) is 53.0 Å². The van der Waals surface area contributed by atoms with Gasteiger partial charge in [-0.25, -0.2) is 4.98 Å². The first-order valence-corrected chi connectivity index (χ1v) is 15.5. The number of halogens is 3. The summed E-state index contributed by atoms with van der Waals surface area (Å²) in [6.07, 6.45) is -0.421. The van der Waals surface area contributed by atoms with E-state index in [0.29, 0.717) is 29.5 Å². The fourth-order valence-corrected chi connectivity index (χ4v) is 5.29. The van der Waals surface area contributed by atoms with E-state index < -0.39 is 17.8 Å². The number of hydrogen-bond donors (Lipinski definition) is 2. The molecule has 7 nitrogen and oxygen atoms in total. The van der Waals surface area contributed by atoms with Crippen molar-refractivity contribution < 1.29 is 18.0 Å². The van der Waals surface area contributed by atoms with Gasteiger partial charge in [0.1, 0.15) is 0 Å². The van der Waals surface area contributed by atoms with Gasteiger partial charge in [0, 0.05) is 44.1 Å². The molecular weight excluding hydrogens is 609 g/mol. The molecule has 0 saturated carbocycles. The SMILES string of the molecule is CCC(C)C(CN(Cc1ccccc1C(F)(F)F)C(=S)NCc1ccccc1)NC(=O)Cc1cncn1Cc1ccc(C#N)cc1. The predicted octanol–water partition coefficient (Wildman–Crippen LogP) is 6.47. The van der Waals surface area contributed by atoms with Crippen molar-refractivity contribution in [3.63, 3.8) is 0 Å². The Bertz CT molecular complexity index is 1630. The van der Waals surface area contributed by atoms with E-state index in [1.807, 2.05) is 60.9 Å². The molecule has 46 heavy (non-hydrogen) atoms. The summed E-state index contributed by atoms with van der Waals surface area (Å²) in [6.45, 7) is 5.01. The topological polar surface area (TPSA) is 86.0 Å². The number of alkyl halides is 3. The number of amides is 1. The first kappa shape index (κ1) is 34.2. The molecule has 0 spiro atoms. The van der Waals surface area contributed by atoms with Gasteiger partial charge in [-0.3, -0.25) is 4.79 Å². The highest BCUT2D eigenvalue weighted by Crippen LogP contribution is 2.32. The second-order valence-corrected chi connectivity index (χ2v) is 11.6. The maximum atomic E-state index is 13.9. The maximum Gasteiger partial charge on any atom is 0.416 e. The maximum absolute atomic E-state index is 13.9. The first-order chi connectivity index (χ1) is 22.1. The minimum atomic E-state index is -4.52. The van der Waals surface area contributed by atoms with Crippen LogP contribution in [0.4, 0.5) is 13.2 Å². The fourth-order valence-electron chi connectivity index (χ4n) is 5.08. The van der Waals surface area contributed by atoms with E-state index in [2.05, 4.69) is 21.7 Å². The summed E-state index contributed by atoms with van der Waals surface area (Å²) < 4.78 is 43.7. The zero-order chi connectivity index (χ0) is 33.1. The molecule has 0 saturated heterocycles. The smallest absolute Gasteiger partial charge is 0.358 e. The van der Waals surface area contributed by atoms with E-state index in [1.54, 1.807) is 35.6 Å². The van der Waals surface area contributed by atoms with Crippen molar-refractivity contribution in [2.24, 2.45) is 5.92 Å². The van der Waals surface area contributed by atoms with Crippen LogP contribution in [0.3, 0.4) is 0 Å². The van der Waals surface area contributed by atoms with Crippen LogP contribution in [0.25, 0.3) is 0 Å². The minimum absolute atomic E-state index is 0.00444. The third-order valence-electron chi connectivity index (χ3n) is 7.93. The number of nitriles is 1. The number of imidazole rings is 1. The lowest BCUT2D eigenvalue weighted by atomic mass is 9.97. The lowest BCUT2D eigenvalue weighted by molar-refractivity contribution is -0.138. The highest BCUT2D eigenvalue weighted by molar-refractivity contribution is 7.80. The number of carbonyl (C=O) groups is 1.